The number of halogens is 2. The van der Waals surface area contributed by atoms with Gasteiger partial charge in [0.25, 0.3) is 5.91 Å². The highest BCUT2D eigenvalue weighted by Gasteiger charge is 2.27. The Morgan fingerprint density at radius 3 is 2.75 bits per heavy atom. The first-order valence-corrected chi connectivity index (χ1v) is 3.88. The number of rotatable bonds is 2. The number of alkyl halides is 2. The summed E-state index contributed by atoms with van der Waals surface area (Å²) in [5.41, 5.74) is 0. The topological polar surface area (TPSA) is 32.3 Å². The Bertz CT molecular complexity index is 169. The zero-order valence-corrected chi connectivity index (χ0v) is 6.89. The van der Waals surface area contributed by atoms with Crippen molar-refractivity contribution < 1.29 is 13.6 Å². The molecule has 1 saturated heterocycles. The van der Waals surface area contributed by atoms with E-state index in [9.17, 15) is 13.6 Å². The number of hydrogen-bond donors (Lipinski definition) is 1. The molecule has 12 heavy (non-hydrogen) atoms. The summed E-state index contributed by atoms with van der Waals surface area (Å²) in [5, 5.41) is 3.01. The molecule has 1 amide bonds. The summed E-state index contributed by atoms with van der Waals surface area (Å²) in [4.78, 5) is 11.9. The minimum atomic E-state index is -2.88. The lowest BCUT2D eigenvalue weighted by atomic mass is 10.2. The molecule has 5 heteroatoms. The van der Waals surface area contributed by atoms with Gasteiger partial charge >= 0.3 is 6.43 Å². The maximum Gasteiger partial charge on any atom is 0.315 e. The molecule has 1 rings (SSSR count). The van der Waals surface area contributed by atoms with Crippen molar-refractivity contribution in [2.75, 3.05) is 20.1 Å². The summed E-state index contributed by atoms with van der Waals surface area (Å²) in [6.45, 7) is 1.42. The first-order chi connectivity index (χ1) is 5.63. The van der Waals surface area contributed by atoms with Crippen LogP contribution in [0.4, 0.5) is 8.78 Å². The number of nitrogens with one attached hydrogen (secondary N) is 1. The van der Waals surface area contributed by atoms with Crippen LogP contribution in [0.2, 0.25) is 0 Å². The summed E-state index contributed by atoms with van der Waals surface area (Å²) in [6, 6.07) is -0.0634. The zero-order valence-electron chi connectivity index (χ0n) is 6.89. The zero-order chi connectivity index (χ0) is 9.14. The van der Waals surface area contributed by atoms with Crippen molar-refractivity contribution in [3.05, 3.63) is 0 Å². The first-order valence-electron chi connectivity index (χ1n) is 3.88. The van der Waals surface area contributed by atoms with Crippen LogP contribution in [0.5, 0.6) is 0 Å². The maximum atomic E-state index is 11.9. The van der Waals surface area contributed by atoms with Gasteiger partial charge in [-0.15, -0.1) is 0 Å². The summed E-state index contributed by atoms with van der Waals surface area (Å²) >= 11 is 0. The third-order valence-corrected chi connectivity index (χ3v) is 2.12. The monoisotopic (exact) mass is 178 g/mol. The molecular formula is C7H12F2N2O. The van der Waals surface area contributed by atoms with Crippen LogP contribution in [0.1, 0.15) is 6.42 Å². The molecule has 1 atom stereocenters. The Labute approximate surface area is 69.7 Å². The number of hydrogen-bond acceptors (Lipinski definition) is 2. The average Bonchev–Trinajstić information content (AvgIpc) is 2.53. The van der Waals surface area contributed by atoms with Crippen molar-refractivity contribution in [2.45, 2.75) is 18.9 Å². The van der Waals surface area contributed by atoms with E-state index >= 15 is 0 Å². The van der Waals surface area contributed by atoms with E-state index in [0.717, 1.165) is 17.9 Å². The smallest absolute Gasteiger partial charge is 0.315 e. The van der Waals surface area contributed by atoms with E-state index < -0.39 is 12.3 Å². The van der Waals surface area contributed by atoms with Crippen LogP contribution in [0.15, 0.2) is 0 Å². The van der Waals surface area contributed by atoms with Crippen molar-refractivity contribution in [3.8, 4) is 0 Å². The average molecular weight is 178 g/mol. The lowest BCUT2D eigenvalue weighted by Gasteiger charge is -2.22. The van der Waals surface area contributed by atoms with E-state index in [1.54, 1.807) is 0 Å². The third-order valence-electron chi connectivity index (χ3n) is 2.12. The molecule has 1 unspecified atom stereocenters. The van der Waals surface area contributed by atoms with Crippen LogP contribution >= 0.6 is 0 Å². The second-order valence-corrected chi connectivity index (χ2v) is 2.90. The molecule has 0 spiro atoms. The fourth-order valence-corrected chi connectivity index (χ4v) is 1.30. The van der Waals surface area contributed by atoms with Crippen molar-refractivity contribution in [3.63, 3.8) is 0 Å². The second kappa shape index (κ2) is 3.80. The lowest BCUT2D eigenvalue weighted by Crippen LogP contribution is -2.41. The highest BCUT2D eigenvalue weighted by atomic mass is 19.3. The van der Waals surface area contributed by atoms with Crippen molar-refractivity contribution in [1.29, 1.82) is 0 Å². The van der Waals surface area contributed by atoms with Crippen LogP contribution in [-0.4, -0.2) is 43.4 Å². The molecule has 1 aliphatic rings. The van der Waals surface area contributed by atoms with Gasteiger partial charge in [0, 0.05) is 19.6 Å². The number of amides is 1. The molecular weight excluding hydrogens is 166 g/mol. The predicted molar refractivity (Wildman–Crippen MR) is 40.0 cm³/mol. The van der Waals surface area contributed by atoms with Crippen molar-refractivity contribution in [1.82, 2.24) is 10.2 Å². The van der Waals surface area contributed by atoms with Crippen molar-refractivity contribution in [2.24, 2.45) is 0 Å². The largest absolute Gasteiger partial charge is 0.336 e. The number of carbonyl (C=O) groups excluding carboxylic acids is 1. The second-order valence-electron chi connectivity index (χ2n) is 2.90. The van der Waals surface area contributed by atoms with E-state index in [-0.39, 0.29) is 6.04 Å². The predicted octanol–water partition coefficient (Wildman–Crippen LogP) is 0.0718. The molecule has 0 aromatic heterocycles. The van der Waals surface area contributed by atoms with Gasteiger partial charge in [0.2, 0.25) is 0 Å². The Hall–Kier alpha value is -0.710. The van der Waals surface area contributed by atoms with E-state index in [1.807, 2.05) is 0 Å². The minimum absolute atomic E-state index is 0.0634. The molecule has 0 saturated carbocycles. The van der Waals surface area contributed by atoms with E-state index in [1.165, 1.54) is 7.05 Å². The van der Waals surface area contributed by atoms with Crippen LogP contribution in [0.3, 0.4) is 0 Å². The summed E-state index contributed by atoms with van der Waals surface area (Å²) in [6.07, 6.45) is -2.12. The SMILES string of the molecule is CN(C(=O)C(F)F)C1CCNC1. The molecule has 0 bridgehead atoms. The summed E-state index contributed by atoms with van der Waals surface area (Å²) in [7, 11) is 1.42. The van der Waals surface area contributed by atoms with Gasteiger partial charge in [-0.2, -0.15) is 8.78 Å². The number of carbonyl (C=O) groups is 1. The van der Waals surface area contributed by atoms with E-state index in [0.29, 0.717) is 6.54 Å². The van der Waals surface area contributed by atoms with Gasteiger partial charge < -0.3 is 10.2 Å². The molecule has 1 fully saturated rings. The maximum absolute atomic E-state index is 11.9. The molecule has 70 valence electrons. The highest BCUT2D eigenvalue weighted by molar-refractivity contribution is 5.79. The standard InChI is InChI=1S/C7H12F2N2O/c1-11(7(12)6(8)9)5-2-3-10-4-5/h5-6,10H,2-4H2,1H3. The molecule has 0 aliphatic carbocycles. The Morgan fingerprint density at radius 2 is 2.33 bits per heavy atom. The highest BCUT2D eigenvalue weighted by Crippen LogP contribution is 2.09. The third kappa shape index (κ3) is 1.91. The van der Waals surface area contributed by atoms with Crippen LogP contribution in [0, 0.1) is 0 Å². The number of nitrogens with zero attached hydrogens (tertiary/aromatic N) is 1. The lowest BCUT2D eigenvalue weighted by molar-refractivity contribution is -0.143. The molecule has 0 aromatic carbocycles. The molecule has 1 N–H and O–H groups in total. The fourth-order valence-electron chi connectivity index (χ4n) is 1.30. The first kappa shape index (κ1) is 9.38. The van der Waals surface area contributed by atoms with Gasteiger partial charge in [-0.3, -0.25) is 4.79 Å². The normalized spacial score (nSPS) is 23.2. The van der Waals surface area contributed by atoms with Gasteiger partial charge in [-0.1, -0.05) is 0 Å². The Balaban J connectivity index is 2.45. The van der Waals surface area contributed by atoms with Crippen LogP contribution in [-0.2, 0) is 4.79 Å². The summed E-state index contributed by atoms with van der Waals surface area (Å²) < 4.78 is 23.8. The van der Waals surface area contributed by atoms with Crippen LogP contribution < -0.4 is 5.32 Å². The van der Waals surface area contributed by atoms with E-state index in [2.05, 4.69) is 5.32 Å². The van der Waals surface area contributed by atoms with Gasteiger partial charge in [0.15, 0.2) is 0 Å². The van der Waals surface area contributed by atoms with Crippen LogP contribution in [0.25, 0.3) is 0 Å². The van der Waals surface area contributed by atoms with Gasteiger partial charge in [-0.25, -0.2) is 0 Å². The van der Waals surface area contributed by atoms with E-state index in [4.69, 9.17) is 0 Å². The number of likely N-dealkylation sites (N-methyl/N-ethyl adjacent to an activating group) is 1. The molecule has 1 aliphatic heterocycles. The quantitative estimate of drug-likeness (QED) is 0.649. The van der Waals surface area contributed by atoms with Gasteiger partial charge in [0.05, 0.1) is 0 Å². The Kier molecular flexibility index (Phi) is 2.97. The van der Waals surface area contributed by atoms with Crippen molar-refractivity contribution >= 4 is 5.91 Å². The molecule has 3 nitrogen and oxygen atoms in total. The van der Waals surface area contributed by atoms with Gasteiger partial charge in [-0.05, 0) is 13.0 Å². The molecule has 1 heterocycles. The molecule has 0 radical (unpaired) electrons. The van der Waals surface area contributed by atoms with Gasteiger partial charge in [0.1, 0.15) is 0 Å². The Morgan fingerprint density at radius 1 is 1.67 bits per heavy atom. The fraction of sp³-hybridized carbons (Fsp3) is 0.857. The molecule has 0 aromatic rings. The summed E-state index contributed by atoms with van der Waals surface area (Å²) in [5.74, 6) is -1.08. The minimum Gasteiger partial charge on any atom is -0.336 e.